The maximum Gasteiger partial charge on any atom is 0.161 e. The number of hydrogen-bond donors (Lipinski definition) is 0. The van der Waals surface area contributed by atoms with E-state index < -0.39 is 0 Å². The van der Waals surface area contributed by atoms with Gasteiger partial charge in [-0.3, -0.25) is 4.98 Å². The van der Waals surface area contributed by atoms with E-state index in [2.05, 4.69) is 40.2 Å². The monoisotopic (exact) mass is 348 g/mol. The van der Waals surface area contributed by atoms with Crippen LogP contribution in [0.1, 0.15) is 18.5 Å². The summed E-state index contributed by atoms with van der Waals surface area (Å²) >= 11 is 1.81. The Balaban J connectivity index is 1.63. The third kappa shape index (κ3) is 3.99. The highest BCUT2D eigenvalue weighted by Crippen LogP contribution is 2.27. The fraction of sp³-hybridized carbons (Fsp3) is 0.250. The van der Waals surface area contributed by atoms with Gasteiger partial charge in [-0.2, -0.15) is 0 Å². The molecule has 0 unspecified atom stereocenters. The van der Waals surface area contributed by atoms with E-state index in [9.17, 15) is 0 Å². The van der Waals surface area contributed by atoms with Crippen molar-refractivity contribution in [1.82, 2.24) is 15.0 Å². The van der Waals surface area contributed by atoms with Gasteiger partial charge in [0.2, 0.25) is 0 Å². The molecule has 25 heavy (non-hydrogen) atoms. The molecule has 1 aromatic carbocycles. The van der Waals surface area contributed by atoms with Gasteiger partial charge >= 0.3 is 0 Å². The second-order valence-corrected chi connectivity index (χ2v) is 7.12. The highest BCUT2D eigenvalue weighted by Gasteiger charge is 2.16. The van der Waals surface area contributed by atoms with Crippen LogP contribution in [0.25, 0.3) is 11.4 Å². The lowest BCUT2D eigenvalue weighted by molar-refractivity contribution is 0.922. The minimum Gasteiger partial charge on any atom is -0.356 e. The molecule has 0 radical (unpaired) electrons. The first-order valence-electron chi connectivity index (χ1n) is 8.60. The van der Waals surface area contributed by atoms with Crippen LogP contribution in [-0.2, 0) is 5.75 Å². The highest BCUT2D eigenvalue weighted by atomic mass is 32.2. The average molecular weight is 348 g/mol. The molecule has 3 aromatic rings. The first-order valence-corrected chi connectivity index (χ1v) is 9.58. The van der Waals surface area contributed by atoms with Crippen LogP contribution in [0.2, 0.25) is 0 Å². The first-order chi connectivity index (χ1) is 12.4. The van der Waals surface area contributed by atoms with Gasteiger partial charge in [-0.05, 0) is 37.1 Å². The van der Waals surface area contributed by atoms with Crippen LogP contribution in [0.3, 0.4) is 0 Å². The summed E-state index contributed by atoms with van der Waals surface area (Å²) in [6, 6.07) is 16.5. The van der Waals surface area contributed by atoms with Crippen molar-refractivity contribution in [1.29, 1.82) is 0 Å². The molecular weight excluding hydrogens is 328 g/mol. The van der Waals surface area contributed by atoms with Gasteiger partial charge in [0.05, 0.1) is 5.69 Å². The number of anilines is 1. The number of benzene rings is 1. The highest BCUT2D eigenvalue weighted by molar-refractivity contribution is 7.98. The van der Waals surface area contributed by atoms with Gasteiger partial charge < -0.3 is 4.90 Å². The lowest BCUT2D eigenvalue weighted by Crippen LogP contribution is -2.19. The topological polar surface area (TPSA) is 41.9 Å². The van der Waals surface area contributed by atoms with E-state index in [-0.39, 0.29) is 0 Å². The SMILES string of the molecule is c1ccc(SCc2cc(N3CCCC3)nc(-c3ccncc3)n2)cc1. The maximum atomic E-state index is 4.82. The van der Waals surface area contributed by atoms with Crippen molar-refractivity contribution in [3.8, 4) is 11.4 Å². The zero-order valence-corrected chi connectivity index (χ0v) is 14.8. The molecule has 5 heteroatoms. The number of aromatic nitrogens is 3. The number of pyridine rings is 1. The Kier molecular flexibility index (Phi) is 4.93. The predicted octanol–water partition coefficient (Wildman–Crippen LogP) is 4.43. The van der Waals surface area contributed by atoms with E-state index in [0.29, 0.717) is 0 Å². The summed E-state index contributed by atoms with van der Waals surface area (Å²) in [6.07, 6.45) is 6.06. The molecule has 1 fully saturated rings. The van der Waals surface area contributed by atoms with Crippen LogP contribution in [-0.4, -0.2) is 28.0 Å². The van der Waals surface area contributed by atoms with E-state index >= 15 is 0 Å². The second-order valence-electron chi connectivity index (χ2n) is 6.07. The molecule has 4 rings (SSSR count). The molecule has 0 saturated carbocycles. The Hall–Kier alpha value is -2.40. The number of hydrogen-bond acceptors (Lipinski definition) is 5. The standard InChI is InChI=1S/C20H20N4S/c1-2-6-18(7-3-1)25-15-17-14-19(24-12-4-5-13-24)23-20(22-17)16-8-10-21-11-9-16/h1-3,6-11,14H,4-5,12-13,15H2. The van der Waals surface area contributed by atoms with E-state index in [1.54, 1.807) is 12.4 Å². The van der Waals surface area contributed by atoms with Crippen LogP contribution in [0.5, 0.6) is 0 Å². The van der Waals surface area contributed by atoms with Crippen molar-refractivity contribution in [2.45, 2.75) is 23.5 Å². The summed E-state index contributed by atoms with van der Waals surface area (Å²) in [5, 5.41) is 0. The molecule has 0 N–H and O–H groups in total. The van der Waals surface area contributed by atoms with Gasteiger partial charge in [0.25, 0.3) is 0 Å². The average Bonchev–Trinajstić information content (AvgIpc) is 3.23. The zero-order valence-electron chi connectivity index (χ0n) is 14.0. The van der Waals surface area contributed by atoms with Crippen LogP contribution in [0, 0.1) is 0 Å². The fourth-order valence-electron chi connectivity index (χ4n) is 2.97. The first kappa shape index (κ1) is 16.1. The number of rotatable bonds is 5. The summed E-state index contributed by atoms with van der Waals surface area (Å²) in [4.78, 5) is 17.3. The molecule has 1 aliphatic rings. The molecule has 2 aromatic heterocycles. The summed E-state index contributed by atoms with van der Waals surface area (Å²) in [6.45, 7) is 2.16. The molecule has 0 spiro atoms. The van der Waals surface area contributed by atoms with Gasteiger partial charge in [0.1, 0.15) is 5.82 Å². The molecule has 3 heterocycles. The fourth-order valence-corrected chi connectivity index (χ4v) is 3.78. The van der Waals surface area contributed by atoms with Crippen molar-refractivity contribution in [3.63, 3.8) is 0 Å². The van der Waals surface area contributed by atoms with Gasteiger partial charge in [0.15, 0.2) is 5.82 Å². The Bertz CT molecular complexity index is 818. The van der Waals surface area contributed by atoms with Crippen molar-refractivity contribution in [2.24, 2.45) is 0 Å². The third-order valence-corrected chi connectivity index (χ3v) is 5.31. The maximum absolute atomic E-state index is 4.82. The van der Waals surface area contributed by atoms with Gasteiger partial charge in [0, 0.05) is 47.8 Å². The van der Waals surface area contributed by atoms with E-state index in [1.165, 1.54) is 17.7 Å². The lowest BCUT2D eigenvalue weighted by atomic mass is 10.2. The van der Waals surface area contributed by atoms with Gasteiger partial charge in [-0.25, -0.2) is 9.97 Å². The normalized spacial score (nSPS) is 14.0. The van der Waals surface area contributed by atoms with Crippen molar-refractivity contribution in [2.75, 3.05) is 18.0 Å². The van der Waals surface area contributed by atoms with E-state index in [1.807, 2.05) is 30.0 Å². The molecule has 0 amide bonds. The van der Waals surface area contributed by atoms with Crippen molar-refractivity contribution < 1.29 is 0 Å². The molecule has 4 nitrogen and oxygen atoms in total. The smallest absolute Gasteiger partial charge is 0.161 e. The molecule has 0 atom stereocenters. The summed E-state index contributed by atoms with van der Waals surface area (Å²) < 4.78 is 0. The molecular formula is C20H20N4S. The summed E-state index contributed by atoms with van der Waals surface area (Å²) in [5.74, 6) is 2.67. The largest absolute Gasteiger partial charge is 0.356 e. The van der Waals surface area contributed by atoms with E-state index in [4.69, 9.17) is 9.97 Å². The number of nitrogens with zero attached hydrogens (tertiary/aromatic N) is 4. The van der Waals surface area contributed by atoms with Gasteiger partial charge in [-0.1, -0.05) is 18.2 Å². The number of thioether (sulfide) groups is 1. The Morgan fingerprint density at radius 2 is 1.68 bits per heavy atom. The van der Waals surface area contributed by atoms with Crippen LogP contribution in [0.4, 0.5) is 5.82 Å². The Morgan fingerprint density at radius 1 is 0.920 bits per heavy atom. The molecule has 1 aliphatic heterocycles. The van der Waals surface area contributed by atoms with Crippen molar-refractivity contribution >= 4 is 17.6 Å². The Labute approximate surface area is 152 Å². The third-order valence-electron chi connectivity index (χ3n) is 4.26. The molecule has 0 aliphatic carbocycles. The second kappa shape index (κ2) is 7.66. The zero-order chi connectivity index (χ0) is 16.9. The van der Waals surface area contributed by atoms with Crippen LogP contribution >= 0.6 is 11.8 Å². The van der Waals surface area contributed by atoms with Crippen LogP contribution in [0.15, 0.2) is 65.8 Å². The predicted molar refractivity (Wildman–Crippen MR) is 103 cm³/mol. The quantitative estimate of drug-likeness (QED) is 0.638. The van der Waals surface area contributed by atoms with Crippen molar-refractivity contribution in [3.05, 3.63) is 66.6 Å². The lowest BCUT2D eigenvalue weighted by Gasteiger charge is -2.18. The minimum atomic E-state index is 0.787. The van der Waals surface area contributed by atoms with Crippen LogP contribution < -0.4 is 4.90 Å². The summed E-state index contributed by atoms with van der Waals surface area (Å²) in [7, 11) is 0. The molecule has 126 valence electrons. The Morgan fingerprint density at radius 3 is 2.44 bits per heavy atom. The van der Waals surface area contributed by atoms with E-state index in [0.717, 1.165) is 41.7 Å². The van der Waals surface area contributed by atoms with Gasteiger partial charge in [-0.15, -0.1) is 11.8 Å². The molecule has 1 saturated heterocycles. The minimum absolute atomic E-state index is 0.787. The molecule has 0 bridgehead atoms. The summed E-state index contributed by atoms with van der Waals surface area (Å²) in [5.41, 5.74) is 2.08.